The van der Waals surface area contributed by atoms with Crippen LogP contribution in [0.5, 0.6) is 0 Å². The Labute approximate surface area is 155 Å². The van der Waals surface area contributed by atoms with Crippen LogP contribution in [-0.4, -0.2) is 29.2 Å². The van der Waals surface area contributed by atoms with Gasteiger partial charge in [-0.05, 0) is 37.1 Å². The molecule has 0 unspecified atom stereocenters. The Bertz CT molecular complexity index is 996. The molecule has 1 aliphatic heterocycles. The summed E-state index contributed by atoms with van der Waals surface area (Å²) in [7, 11) is -3.83. The van der Waals surface area contributed by atoms with Crippen molar-refractivity contribution in [3.63, 3.8) is 0 Å². The highest BCUT2D eigenvalue weighted by Crippen LogP contribution is 2.39. The van der Waals surface area contributed by atoms with E-state index in [4.69, 9.17) is 23.2 Å². The van der Waals surface area contributed by atoms with E-state index in [1.165, 1.54) is 16.4 Å². The molecule has 2 aromatic carbocycles. The smallest absolute Gasteiger partial charge is 0.246 e. The fourth-order valence-electron chi connectivity index (χ4n) is 3.28. The molecule has 0 radical (unpaired) electrons. The van der Waals surface area contributed by atoms with Crippen LogP contribution in [0, 0.1) is 0 Å². The van der Waals surface area contributed by atoms with Crippen molar-refractivity contribution in [2.24, 2.45) is 0 Å². The zero-order valence-corrected chi connectivity index (χ0v) is 15.4. The number of nitrogens with one attached hydrogen (secondary N) is 1. The van der Waals surface area contributed by atoms with Crippen molar-refractivity contribution in [1.29, 1.82) is 0 Å². The predicted molar refractivity (Wildman–Crippen MR) is 98.4 cm³/mol. The van der Waals surface area contributed by atoms with Gasteiger partial charge in [0.1, 0.15) is 10.7 Å². The monoisotopic (exact) mass is 395 g/mol. The van der Waals surface area contributed by atoms with Gasteiger partial charge >= 0.3 is 0 Å². The Kier molecular flexibility index (Phi) is 4.24. The number of H-pyrrole nitrogens is 1. The lowest BCUT2D eigenvalue weighted by molar-refractivity contribution is 0.386. The van der Waals surface area contributed by atoms with Gasteiger partial charge in [-0.1, -0.05) is 41.4 Å². The van der Waals surface area contributed by atoms with E-state index in [9.17, 15) is 8.42 Å². The summed E-state index contributed by atoms with van der Waals surface area (Å²) in [6, 6.07) is 12.0. The summed E-state index contributed by atoms with van der Waals surface area (Å²) in [5.41, 5.74) is 1.70. The molecule has 0 bridgehead atoms. The molecule has 1 atom stereocenters. The van der Waals surface area contributed by atoms with Crippen molar-refractivity contribution in [3.8, 4) is 0 Å². The summed E-state index contributed by atoms with van der Waals surface area (Å²) in [6.07, 6.45) is 1.45. The molecule has 1 fully saturated rings. The van der Waals surface area contributed by atoms with Crippen LogP contribution >= 0.6 is 23.2 Å². The summed E-state index contributed by atoms with van der Waals surface area (Å²) in [6.45, 7) is 0.408. The number of rotatable bonds is 3. The van der Waals surface area contributed by atoms with Crippen LogP contribution in [-0.2, 0) is 10.0 Å². The van der Waals surface area contributed by atoms with Gasteiger partial charge < -0.3 is 4.98 Å². The average molecular weight is 396 g/mol. The Morgan fingerprint density at radius 3 is 2.52 bits per heavy atom. The molecule has 5 nitrogen and oxygen atoms in total. The molecule has 0 spiro atoms. The van der Waals surface area contributed by atoms with Crippen molar-refractivity contribution in [3.05, 3.63) is 58.3 Å². The van der Waals surface area contributed by atoms with E-state index in [1.807, 2.05) is 24.3 Å². The highest BCUT2D eigenvalue weighted by atomic mass is 35.5. The molecular formula is C17H15Cl2N3O2S. The van der Waals surface area contributed by atoms with E-state index in [2.05, 4.69) is 9.97 Å². The first-order chi connectivity index (χ1) is 12.0. The van der Waals surface area contributed by atoms with Crippen LogP contribution in [0.2, 0.25) is 10.0 Å². The minimum absolute atomic E-state index is 0.0404. The maximum atomic E-state index is 13.2. The second-order valence-corrected chi connectivity index (χ2v) is 8.61. The zero-order valence-electron chi connectivity index (χ0n) is 13.1. The van der Waals surface area contributed by atoms with Crippen LogP contribution in [0.3, 0.4) is 0 Å². The Hall–Kier alpha value is -1.60. The summed E-state index contributed by atoms with van der Waals surface area (Å²) in [5, 5.41) is 0.255. The van der Waals surface area contributed by atoms with E-state index in [1.54, 1.807) is 6.07 Å². The van der Waals surface area contributed by atoms with Crippen molar-refractivity contribution < 1.29 is 8.42 Å². The molecule has 1 aliphatic rings. The molecule has 0 aliphatic carbocycles. The van der Waals surface area contributed by atoms with E-state index in [-0.39, 0.29) is 21.0 Å². The Morgan fingerprint density at radius 2 is 1.80 bits per heavy atom. The lowest BCUT2D eigenvalue weighted by Gasteiger charge is -2.23. The summed E-state index contributed by atoms with van der Waals surface area (Å²) >= 11 is 12.3. The number of sulfonamides is 1. The van der Waals surface area contributed by atoms with Crippen molar-refractivity contribution in [2.45, 2.75) is 23.8 Å². The maximum Gasteiger partial charge on any atom is 0.246 e. The standard InChI is InChI=1S/C17H15Cl2N3O2S/c18-11-5-3-6-12(19)16(11)25(23,24)22-10-4-9-15(22)17-20-13-7-1-2-8-14(13)21-17/h1-3,5-8,15H,4,9-10H2,(H,20,21)/t15-/m0/s1. The Morgan fingerprint density at radius 1 is 1.08 bits per heavy atom. The summed E-state index contributed by atoms with van der Waals surface area (Å²) < 4.78 is 27.8. The second kappa shape index (κ2) is 6.29. The van der Waals surface area contributed by atoms with Gasteiger partial charge in [0.25, 0.3) is 0 Å². The third-order valence-corrected chi connectivity index (χ3v) is 7.28. The van der Waals surface area contributed by atoms with Crippen LogP contribution in [0.25, 0.3) is 11.0 Å². The zero-order chi connectivity index (χ0) is 17.6. The van der Waals surface area contributed by atoms with Gasteiger partial charge in [0.15, 0.2) is 0 Å². The summed E-state index contributed by atoms with van der Waals surface area (Å²) in [4.78, 5) is 7.77. The van der Waals surface area contributed by atoms with Gasteiger partial charge in [-0.25, -0.2) is 13.4 Å². The van der Waals surface area contributed by atoms with Gasteiger partial charge in [0, 0.05) is 6.54 Å². The normalized spacial score (nSPS) is 18.9. The first-order valence-corrected chi connectivity index (χ1v) is 10.1. The first kappa shape index (κ1) is 16.8. The third-order valence-electron chi connectivity index (χ3n) is 4.41. The molecule has 1 N–H and O–H groups in total. The van der Waals surface area contributed by atoms with E-state index in [0.29, 0.717) is 18.8 Å². The second-order valence-electron chi connectivity index (χ2n) is 5.96. The molecule has 1 aromatic heterocycles. The number of nitrogens with zero attached hydrogens (tertiary/aromatic N) is 2. The van der Waals surface area contributed by atoms with Crippen LogP contribution in [0.15, 0.2) is 47.4 Å². The quantitative estimate of drug-likeness (QED) is 0.714. The van der Waals surface area contributed by atoms with Gasteiger partial charge in [-0.3, -0.25) is 0 Å². The fourth-order valence-corrected chi connectivity index (χ4v) is 6.03. The molecule has 25 heavy (non-hydrogen) atoms. The number of hydrogen-bond donors (Lipinski definition) is 1. The van der Waals surface area contributed by atoms with Crippen molar-refractivity contribution >= 4 is 44.3 Å². The number of benzene rings is 2. The molecule has 130 valence electrons. The molecular weight excluding hydrogens is 381 g/mol. The van der Waals surface area contributed by atoms with Gasteiger partial charge in [-0.2, -0.15) is 4.31 Å². The van der Waals surface area contributed by atoms with Gasteiger partial charge in [0.2, 0.25) is 10.0 Å². The minimum atomic E-state index is -3.83. The molecule has 4 rings (SSSR count). The van der Waals surface area contributed by atoms with Gasteiger partial charge in [0.05, 0.1) is 27.1 Å². The first-order valence-electron chi connectivity index (χ1n) is 7.89. The van der Waals surface area contributed by atoms with Crippen LogP contribution in [0.4, 0.5) is 0 Å². The number of fused-ring (bicyclic) bond motifs is 1. The maximum absolute atomic E-state index is 13.2. The number of hydrogen-bond acceptors (Lipinski definition) is 3. The fraction of sp³-hybridized carbons (Fsp3) is 0.235. The molecule has 8 heteroatoms. The average Bonchev–Trinajstić information content (AvgIpc) is 3.21. The Balaban J connectivity index is 1.78. The lowest BCUT2D eigenvalue weighted by Crippen LogP contribution is -2.31. The topological polar surface area (TPSA) is 66.1 Å². The highest BCUT2D eigenvalue weighted by Gasteiger charge is 2.39. The molecule has 3 aromatic rings. The van der Waals surface area contributed by atoms with Crippen molar-refractivity contribution in [2.75, 3.05) is 6.54 Å². The van der Waals surface area contributed by atoms with E-state index >= 15 is 0 Å². The lowest BCUT2D eigenvalue weighted by atomic mass is 10.2. The molecule has 0 saturated carbocycles. The van der Waals surface area contributed by atoms with Crippen LogP contribution in [0.1, 0.15) is 24.7 Å². The number of halogens is 2. The SMILES string of the molecule is O=S(=O)(c1c(Cl)cccc1Cl)N1CCC[C@H]1c1nc2ccccc2[nH]1. The minimum Gasteiger partial charge on any atom is -0.341 e. The molecule has 0 amide bonds. The summed E-state index contributed by atoms with van der Waals surface area (Å²) in [5.74, 6) is 0.644. The number of aromatic nitrogens is 2. The number of para-hydroxylation sites is 2. The molecule has 1 saturated heterocycles. The number of aromatic amines is 1. The van der Waals surface area contributed by atoms with Crippen LogP contribution < -0.4 is 0 Å². The molecule has 2 heterocycles. The van der Waals surface area contributed by atoms with E-state index < -0.39 is 10.0 Å². The third kappa shape index (κ3) is 2.83. The highest BCUT2D eigenvalue weighted by molar-refractivity contribution is 7.89. The van der Waals surface area contributed by atoms with Gasteiger partial charge in [-0.15, -0.1) is 0 Å². The number of imidazole rings is 1. The largest absolute Gasteiger partial charge is 0.341 e. The van der Waals surface area contributed by atoms with E-state index in [0.717, 1.165) is 17.5 Å². The van der Waals surface area contributed by atoms with Crippen molar-refractivity contribution in [1.82, 2.24) is 14.3 Å². The predicted octanol–water partition coefficient (Wildman–Crippen LogP) is 4.40.